The quantitative estimate of drug-likeness (QED) is 0.665. The van der Waals surface area contributed by atoms with Gasteiger partial charge in [-0.1, -0.05) is 0 Å². The highest BCUT2D eigenvalue weighted by Crippen LogP contribution is 2.23. The molecule has 1 aromatic carbocycles. The van der Waals surface area contributed by atoms with Gasteiger partial charge in [-0.25, -0.2) is 14.2 Å². The van der Waals surface area contributed by atoms with Crippen molar-refractivity contribution in [2.24, 2.45) is 0 Å². The molecule has 0 unspecified atom stereocenters. The van der Waals surface area contributed by atoms with Crippen molar-refractivity contribution in [1.29, 1.82) is 0 Å². The molecule has 0 aliphatic heterocycles. The first kappa shape index (κ1) is 10.5. The molecule has 0 bridgehead atoms. The Hall–Kier alpha value is -2.63. The second-order valence-electron chi connectivity index (χ2n) is 3.73. The second-order valence-corrected chi connectivity index (χ2v) is 3.73. The smallest absolute Gasteiger partial charge is 0.360 e. The zero-order valence-corrected chi connectivity index (χ0v) is 9.00. The van der Waals surface area contributed by atoms with Crippen molar-refractivity contribution >= 4 is 11.0 Å². The van der Waals surface area contributed by atoms with E-state index in [0.717, 1.165) is 12.1 Å². The van der Waals surface area contributed by atoms with Gasteiger partial charge in [0, 0.05) is 23.8 Å². The average Bonchev–Trinajstić information content (AvgIpc) is 2.84. The number of fused-ring (bicyclic) bond motifs is 1. The van der Waals surface area contributed by atoms with Gasteiger partial charge in [0.25, 0.3) is 0 Å². The Balaban J connectivity index is 2.33. The minimum Gasteiger partial charge on any atom is -0.505 e. The third-order valence-corrected chi connectivity index (χ3v) is 2.57. The van der Waals surface area contributed by atoms with Crippen LogP contribution < -0.4 is 5.63 Å². The summed E-state index contributed by atoms with van der Waals surface area (Å²) in [7, 11) is 0. The number of halogens is 1. The fourth-order valence-corrected chi connectivity index (χ4v) is 1.70. The monoisotopic (exact) mass is 246 g/mol. The summed E-state index contributed by atoms with van der Waals surface area (Å²) in [4.78, 5) is 15.6. The topological polar surface area (TPSA) is 68.3 Å². The maximum Gasteiger partial charge on any atom is 0.360 e. The number of phenolic OH excluding ortho intramolecular Hbond substituents is 1. The van der Waals surface area contributed by atoms with Crippen LogP contribution in [0.3, 0.4) is 0 Å². The second kappa shape index (κ2) is 3.69. The molecule has 6 heteroatoms. The fourth-order valence-electron chi connectivity index (χ4n) is 1.70. The van der Waals surface area contributed by atoms with E-state index < -0.39 is 17.2 Å². The van der Waals surface area contributed by atoms with Crippen molar-refractivity contribution in [2.45, 2.75) is 0 Å². The van der Waals surface area contributed by atoms with Crippen molar-refractivity contribution in [2.75, 3.05) is 0 Å². The van der Waals surface area contributed by atoms with Gasteiger partial charge in [-0.3, -0.25) is 4.57 Å². The zero-order valence-electron chi connectivity index (χ0n) is 9.00. The van der Waals surface area contributed by atoms with Gasteiger partial charge < -0.3 is 9.52 Å². The molecular formula is C12H7FN2O3. The van der Waals surface area contributed by atoms with E-state index in [-0.39, 0.29) is 11.3 Å². The molecule has 2 heterocycles. The van der Waals surface area contributed by atoms with Crippen molar-refractivity contribution in [3.8, 4) is 11.4 Å². The molecule has 2 aromatic heterocycles. The summed E-state index contributed by atoms with van der Waals surface area (Å²) in [5.74, 6) is -1.33. The van der Waals surface area contributed by atoms with Crippen LogP contribution in [0.15, 0.2) is 46.1 Å². The molecule has 0 radical (unpaired) electrons. The molecule has 0 atom stereocenters. The first-order chi connectivity index (χ1) is 8.65. The minimum atomic E-state index is -0.770. The van der Waals surface area contributed by atoms with Gasteiger partial charge in [0.2, 0.25) is 0 Å². The van der Waals surface area contributed by atoms with E-state index in [1.54, 1.807) is 6.20 Å². The van der Waals surface area contributed by atoms with Crippen molar-refractivity contribution in [1.82, 2.24) is 9.55 Å². The summed E-state index contributed by atoms with van der Waals surface area (Å²) in [6.45, 7) is 0. The molecular weight excluding hydrogens is 239 g/mol. The van der Waals surface area contributed by atoms with Gasteiger partial charge >= 0.3 is 5.63 Å². The Kier molecular flexibility index (Phi) is 2.16. The van der Waals surface area contributed by atoms with E-state index in [9.17, 15) is 14.3 Å². The lowest BCUT2D eigenvalue weighted by Gasteiger charge is -2.03. The number of imidazole rings is 1. The van der Waals surface area contributed by atoms with Gasteiger partial charge in [-0.15, -0.1) is 0 Å². The SMILES string of the molecule is O=c1oc2cc(O)c(F)cc2cc1-n1ccnc1. The predicted octanol–water partition coefficient (Wildman–Crippen LogP) is 1.82. The molecule has 5 nitrogen and oxygen atoms in total. The summed E-state index contributed by atoms with van der Waals surface area (Å²) >= 11 is 0. The van der Waals surface area contributed by atoms with Crippen LogP contribution in [0.2, 0.25) is 0 Å². The number of aromatic nitrogens is 2. The highest BCUT2D eigenvalue weighted by Gasteiger charge is 2.10. The number of hydrogen-bond acceptors (Lipinski definition) is 4. The summed E-state index contributed by atoms with van der Waals surface area (Å²) in [6, 6.07) is 3.66. The number of phenols is 1. The van der Waals surface area contributed by atoms with Crippen LogP contribution in [0.25, 0.3) is 16.7 Å². The van der Waals surface area contributed by atoms with Crippen LogP contribution in [-0.4, -0.2) is 14.7 Å². The highest BCUT2D eigenvalue weighted by molar-refractivity contribution is 5.79. The average molecular weight is 246 g/mol. The van der Waals surface area contributed by atoms with E-state index in [2.05, 4.69) is 4.98 Å². The zero-order chi connectivity index (χ0) is 12.7. The summed E-state index contributed by atoms with van der Waals surface area (Å²) < 4.78 is 19.7. The van der Waals surface area contributed by atoms with Gasteiger partial charge in [0.15, 0.2) is 11.6 Å². The van der Waals surface area contributed by atoms with Crippen LogP contribution in [0.4, 0.5) is 4.39 Å². The lowest BCUT2D eigenvalue weighted by molar-refractivity contribution is 0.431. The van der Waals surface area contributed by atoms with Gasteiger partial charge in [-0.2, -0.15) is 0 Å². The van der Waals surface area contributed by atoms with Crippen LogP contribution in [0.1, 0.15) is 0 Å². The number of hydrogen-bond donors (Lipinski definition) is 1. The number of rotatable bonds is 1. The number of aromatic hydroxyl groups is 1. The fraction of sp³-hybridized carbons (Fsp3) is 0. The standard InChI is InChI=1S/C12H7FN2O3/c13-8-3-7-4-9(15-2-1-14-6-15)12(17)18-11(7)5-10(8)16/h1-6,16H. The van der Waals surface area contributed by atoms with Gasteiger partial charge in [0.1, 0.15) is 11.3 Å². The summed E-state index contributed by atoms with van der Waals surface area (Å²) in [6.07, 6.45) is 4.53. The van der Waals surface area contributed by atoms with Crippen LogP contribution in [0.5, 0.6) is 5.75 Å². The highest BCUT2D eigenvalue weighted by atomic mass is 19.1. The third-order valence-electron chi connectivity index (χ3n) is 2.57. The van der Waals surface area contributed by atoms with E-state index in [1.165, 1.54) is 23.2 Å². The molecule has 0 saturated heterocycles. The van der Waals surface area contributed by atoms with Crippen LogP contribution >= 0.6 is 0 Å². The maximum absolute atomic E-state index is 13.2. The lowest BCUT2D eigenvalue weighted by Crippen LogP contribution is -2.08. The molecule has 18 heavy (non-hydrogen) atoms. The van der Waals surface area contributed by atoms with Gasteiger partial charge in [0.05, 0.1) is 6.33 Å². The molecule has 1 N–H and O–H groups in total. The molecule has 3 aromatic rings. The summed E-state index contributed by atoms with van der Waals surface area (Å²) in [5, 5.41) is 9.59. The summed E-state index contributed by atoms with van der Waals surface area (Å²) in [5.41, 5.74) is -0.237. The molecule has 0 saturated carbocycles. The number of nitrogens with zero attached hydrogens (tertiary/aromatic N) is 2. The first-order valence-corrected chi connectivity index (χ1v) is 5.10. The molecule has 3 rings (SSSR count). The maximum atomic E-state index is 13.2. The Morgan fingerprint density at radius 1 is 1.33 bits per heavy atom. The lowest BCUT2D eigenvalue weighted by atomic mass is 10.2. The molecule has 0 spiro atoms. The third kappa shape index (κ3) is 1.55. The van der Waals surface area contributed by atoms with Crippen molar-refractivity contribution in [3.05, 3.63) is 53.2 Å². The van der Waals surface area contributed by atoms with Crippen molar-refractivity contribution < 1.29 is 13.9 Å². The minimum absolute atomic E-state index is 0.128. The Morgan fingerprint density at radius 2 is 2.17 bits per heavy atom. The molecule has 90 valence electrons. The van der Waals surface area contributed by atoms with Crippen LogP contribution in [0, 0.1) is 5.82 Å². The largest absolute Gasteiger partial charge is 0.505 e. The Bertz CT molecular complexity index is 778. The van der Waals surface area contributed by atoms with Crippen LogP contribution in [-0.2, 0) is 0 Å². The van der Waals surface area contributed by atoms with E-state index in [1.807, 2.05) is 0 Å². The van der Waals surface area contributed by atoms with E-state index >= 15 is 0 Å². The molecule has 0 amide bonds. The predicted molar refractivity (Wildman–Crippen MR) is 61.2 cm³/mol. The normalized spacial score (nSPS) is 10.9. The molecule has 0 aliphatic rings. The van der Waals surface area contributed by atoms with E-state index in [0.29, 0.717) is 5.39 Å². The molecule has 0 aliphatic carbocycles. The first-order valence-electron chi connectivity index (χ1n) is 5.10. The Labute approximate surface area is 99.7 Å². The van der Waals surface area contributed by atoms with Gasteiger partial charge in [-0.05, 0) is 12.1 Å². The van der Waals surface area contributed by atoms with Crippen molar-refractivity contribution in [3.63, 3.8) is 0 Å². The molecule has 0 fully saturated rings. The Morgan fingerprint density at radius 3 is 2.89 bits per heavy atom. The number of benzene rings is 1. The van der Waals surface area contributed by atoms with E-state index in [4.69, 9.17) is 4.42 Å².